The third-order valence-corrected chi connectivity index (χ3v) is 4.31. The van der Waals surface area contributed by atoms with E-state index in [4.69, 9.17) is 8.92 Å². The summed E-state index contributed by atoms with van der Waals surface area (Å²) in [6, 6.07) is 15.8. The molecule has 0 atom stereocenters. The summed E-state index contributed by atoms with van der Waals surface area (Å²) in [6.45, 7) is 2.43. The molecule has 0 unspecified atom stereocenters. The van der Waals surface area contributed by atoms with Crippen molar-refractivity contribution in [3.8, 4) is 0 Å². The van der Waals surface area contributed by atoms with Crippen molar-refractivity contribution in [3.05, 3.63) is 70.8 Å². The Morgan fingerprint density at radius 1 is 0.962 bits per heavy atom. The Morgan fingerprint density at radius 2 is 1.46 bits per heavy atom. The molecule has 2 rings (SSSR count). The molecule has 0 aliphatic carbocycles. The number of hydrogen-bond acceptors (Lipinski definition) is 5. The molecular formula is C19H21NO4Si2. The van der Waals surface area contributed by atoms with Gasteiger partial charge in [-0.15, -0.1) is 0 Å². The maximum absolute atomic E-state index is 11.6. The predicted octanol–water partition coefficient (Wildman–Crippen LogP) is 2.25. The zero-order valence-electron chi connectivity index (χ0n) is 14.9. The second-order valence-electron chi connectivity index (χ2n) is 5.43. The number of carbonyl (C=O) groups excluding carboxylic acids is 2. The van der Waals surface area contributed by atoms with Crippen molar-refractivity contribution in [1.82, 2.24) is 0 Å². The van der Waals surface area contributed by atoms with Crippen LogP contribution in [0.2, 0.25) is 6.04 Å². The zero-order valence-corrected chi connectivity index (χ0v) is 17.9. The van der Waals surface area contributed by atoms with Crippen molar-refractivity contribution in [1.29, 1.82) is 0 Å². The lowest BCUT2D eigenvalue weighted by molar-refractivity contribution is 0.0986. The minimum Gasteiger partial charge on any atom is -0.295 e. The van der Waals surface area contributed by atoms with Gasteiger partial charge in [-0.3, -0.25) is 23.5 Å². The van der Waals surface area contributed by atoms with E-state index in [0.29, 0.717) is 19.0 Å². The third kappa shape index (κ3) is 7.16. The standard InChI is InChI=1S/C19H21NO2Si.O2Si/c1-2-18(21)16-7-3-14(4-8-16)11-20-12-15-5-9-17(10-6-15)19(22)13-23;1-3-2/h3-11H,2,12-13H2,1,23H3;. The number of carbonyl (C=O) groups is 2. The van der Waals surface area contributed by atoms with Gasteiger partial charge in [-0.25, -0.2) is 0 Å². The van der Waals surface area contributed by atoms with Crippen molar-refractivity contribution in [2.24, 2.45) is 4.99 Å². The van der Waals surface area contributed by atoms with E-state index in [9.17, 15) is 9.59 Å². The molecule has 5 nitrogen and oxygen atoms in total. The number of nitrogens with zero attached hydrogens (tertiary/aromatic N) is 1. The number of aliphatic imine (C=N–C) groups is 1. The summed E-state index contributed by atoms with van der Waals surface area (Å²) in [5.74, 6) is 0.367. The fourth-order valence-electron chi connectivity index (χ4n) is 2.22. The van der Waals surface area contributed by atoms with Gasteiger partial charge in [0.05, 0.1) is 6.54 Å². The van der Waals surface area contributed by atoms with Crippen LogP contribution in [0.3, 0.4) is 0 Å². The summed E-state index contributed by atoms with van der Waals surface area (Å²) in [4.78, 5) is 27.6. The van der Waals surface area contributed by atoms with Crippen LogP contribution in [0.1, 0.15) is 45.2 Å². The van der Waals surface area contributed by atoms with Crippen molar-refractivity contribution in [2.45, 2.75) is 25.9 Å². The monoisotopic (exact) mass is 383 g/mol. The lowest BCUT2D eigenvalue weighted by Crippen LogP contribution is -1.97. The third-order valence-electron chi connectivity index (χ3n) is 3.67. The molecular weight excluding hydrogens is 362 g/mol. The van der Waals surface area contributed by atoms with E-state index in [-0.39, 0.29) is 11.6 Å². The highest BCUT2D eigenvalue weighted by molar-refractivity contribution is 6.23. The molecule has 134 valence electrons. The number of Topliss-reactive ketones (excluding diaryl/α,β-unsaturated/α-hetero) is 2. The largest absolute Gasteiger partial charge is 0.549 e. The SMILES string of the molecule is CCC(=O)c1ccc(C=NCc2ccc(C(=O)C[SiH3])cc2)cc1.O=[Si]=O. The van der Waals surface area contributed by atoms with Crippen LogP contribution in [-0.2, 0) is 15.5 Å². The van der Waals surface area contributed by atoms with Gasteiger partial charge in [-0.1, -0.05) is 55.5 Å². The van der Waals surface area contributed by atoms with E-state index < -0.39 is 9.29 Å². The predicted molar refractivity (Wildman–Crippen MR) is 105 cm³/mol. The van der Waals surface area contributed by atoms with E-state index in [0.717, 1.165) is 32.5 Å². The van der Waals surface area contributed by atoms with Crippen LogP contribution in [0.15, 0.2) is 53.5 Å². The Morgan fingerprint density at radius 3 is 1.96 bits per heavy atom. The number of rotatable bonds is 7. The first kappa shape index (κ1) is 21.5. The van der Waals surface area contributed by atoms with Gasteiger partial charge in [0.1, 0.15) is 0 Å². The fraction of sp³-hybridized carbons (Fsp3) is 0.211. The lowest BCUT2D eigenvalue weighted by Gasteiger charge is -2.01. The van der Waals surface area contributed by atoms with E-state index in [1.165, 1.54) is 0 Å². The molecule has 0 bridgehead atoms. The van der Waals surface area contributed by atoms with Crippen LogP contribution in [-0.4, -0.2) is 37.3 Å². The van der Waals surface area contributed by atoms with Gasteiger partial charge >= 0.3 is 9.29 Å². The summed E-state index contributed by atoms with van der Waals surface area (Å²) in [5.41, 5.74) is 3.57. The van der Waals surface area contributed by atoms with Crippen LogP contribution >= 0.6 is 0 Å². The van der Waals surface area contributed by atoms with Gasteiger partial charge in [-0.05, 0) is 17.2 Å². The van der Waals surface area contributed by atoms with Gasteiger partial charge in [0, 0.05) is 34.0 Å². The van der Waals surface area contributed by atoms with Crippen LogP contribution < -0.4 is 0 Å². The molecule has 2 aromatic rings. The van der Waals surface area contributed by atoms with Crippen molar-refractivity contribution >= 4 is 37.3 Å². The quantitative estimate of drug-likeness (QED) is 0.417. The first-order chi connectivity index (χ1) is 12.5. The smallest absolute Gasteiger partial charge is 0.295 e. The van der Waals surface area contributed by atoms with Crippen molar-refractivity contribution in [2.75, 3.05) is 0 Å². The van der Waals surface area contributed by atoms with Gasteiger partial charge in [0.25, 0.3) is 0 Å². The molecule has 0 aliphatic heterocycles. The number of hydrogen-bond donors (Lipinski definition) is 0. The normalized spacial score (nSPS) is 10.0. The summed E-state index contributed by atoms with van der Waals surface area (Å²) in [7, 11) is -0.519. The van der Waals surface area contributed by atoms with Gasteiger partial charge in [0.2, 0.25) is 0 Å². The summed E-state index contributed by atoms with van der Waals surface area (Å²) >= 11 is 0. The van der Waals surface area contributed by atoms with Crippen LogP contribution in [0.4, 0.5) is 0 Å². The second kappa shape index (κ2) is 11.9. The Kier molecular flexibility index (Phi) is 9.88. The highest BCUT2D eigenvalue weighted by Gasteiger charge is 2.02. The van der Waals surface area contributed by atoms with Crippen LogP contribution in [0.25, 0.3) is 0 Å². The average Bonchev–Trinajstić information content (AvgIpc) is 2.68. The summed E-state index contributed by atoms with van der Waals surface area (Å²) < 4.78 is 16.8. The van der Waals surface area contributed by atoms with Gasteiger partial charge < -0.3 is 0 Å². The first-order valence-corrected chi connectivity index (χ1v) is 10.5. The van der Waals surface area contributed by atoms with E-state index in [1.54, 1.807) is 6.21 Å². The van der Waals surface area contributed by atoms with Crippen molar-refractivity contribution in [3.63, 3.8) is 0 Å². The van der Waals surface area contributed by atoms with E-state index in [1.807, 2.05) is 55.5 Å². The van der Waals surface area contributed by atoms with Gasteiger partial charge in [-0.2, -0.15) is 0 Å². The molecule has 26 heavy (non-hydrogen) atoms. The maximum atomic E-state index is 11.6. The Balaban J connectivity index is 0.00000105. The molecule has 0 N–H and O–H groups in total. The molecule has 0 fully saturated rings. The fourth-order valence-corrected chi connectivity index (χ4v) is 2.62. The number of benzene rings is 2. The zero-order chi connectivity index (χ0) is 19.4. The van der Waals surface area contributed by atoms with Crippen LogP contribution in [0, 0.1) is 0 Å². The molecule has 0 spiro atoms. The molecule has 0 heterocycles. The Labute approximate surface area is 157 Å². The molecule has 0 saturated carbocycles. The summed E-state index contributed by atoms with van der Waals surface area (Å²) in [6.07, 6.45) is 2.32. The number of ketones is 2. The highest BCUT2D eigenvalue weighted by Crippen LogP contribution is 2.09. The molecule has 0 aliphatic rings. The minimum atomic E-state index is -1.42. The lowest BCUT2D eigenvalue weighted by atomic mass is 10.1. The maximum Gasteiger partial charge on any atom is 0.549 e. The Hall–Kier alpha value is -2.52. The molecule has 0 radical (unpaired) electrons. The minimum absolute atomic E-state index is 0.151. The first-order valence-electron chi connectivity index (χ1n) is 8.30. The topological polar surface area (TPSA) is 80.6 Å². The van der Waals surface area contributed by atoms with Gasteiger partial charge in [0.15, 0.2) is 11.6 Å². The average molecular weight is 384 g/mol. The molecule has 7 heteroatoms. The van der Waals surface area contributed by atoms with E-state index >= 15 is 0 Å². The molecule has 0 amide bonds. The van der Waals surface area contributed by atoms with Crippen LogP contribution in [0.5, 0.6) is 0 Å². The molecule has 0 saturated heterocycles. The highest BCUT2D eigenvalue weighted by atomic mass is 28.2. The molecule has 0 aromatic heterocycles. The van der Waals surface area contributed by atoms with E-state index in [2.05, 4.69) is 4.99 Å². The molecule has 2 aromatic carbocycles. The van der Waals surface area contributed by atoms with Crippen molar-refractivity contribution < 1.29 is 18.5 Å². The Bertz CT molecular complexity index is 793. The second-order valence-corrected chi connectivity index (χ2v) is 6.30. The summed E-state index contributed by atoms with van der Waals surface area (Å²) in [5, 5.41) is 0.